The van der Waals surface area contributed by atoms with Crippen LogP contribution in [0, 0.1) is 11.3 Å². The van der Waals surface area contributed by atoms with Gasteiger partial charge in [0.2, 0.25) is 5.91 Å². The number of hydrogen-bond acceptors (Lipinski definition) is 3. The van der Waals surface area contributed by atoms with E-state index in [1.54, 1.807) is 12.1 Å². The number of nitrogens with one attached hydrogen (secondary N) is 2. The molecule has 0 fully saturated rings. The van der Waals surface area contributed by atoms with Gasteiger partial charge < -0.3 is 10.6 Å². The van der Waals surface area contributed by atoms with Gasteiger partial charge in [0.1, 0.15) is 6.04 Å². The number of nitrogens with zero attached hydrogens (tertiary/aromatic N) is 1. The molecule has 20 heavy (non-hydrogen) atoms. The first-order chi connectivity index (χ1) is 9.69. The number of rotatable bonds is 4. The van der Waals surface area contributed by atoms with E-state index in [1.165, 1.54) is 6.92 Å². The second kappa shape index (κ2) is 6.39. The Hall–Kier alpha value is -2.80. The summed E-state index contributed by atoms with van der Waals surface area (Å²) in [5.74, 6) is -0.114. The Morgan fingerprint density at radius 1 is 1.05 bits per heavy atom. The van der Waals surface area contributed by atoms with E-state index in [1.807, 2.05) is 42.5 Å². The smallest absolute Gasteiger partial charge is 0.221 e. The fourth-order valence-corrected chi connectivity index (χ4v) is 1.85. The van der Waals surface area contributed by atoms with E-state index in [0.29, 0.717) is 0 Å². The highest BCUT2D eigenvalue weighted by Gasteiger charge is 2.10. The van der Waals surface area contributed by atoms with Gasteiger partial charge in [-0.15, -0.1) is 0 Å². The summed E-state index contributed by atoms with van der Waals surface area (Å²) in [5, 5.41) is 15.1. The van der Waals surface area contributed by atoms with Crippen molar-refractivity contribution in [2.75, 3.05) is 10.6 Å². The van der Waals surface area contributed by atoms with Crippen molar-refractivity contribution in [1.29, 1.82) is 5.26 Å². The topological polar surface area (TPSA) is 64.9 Å². The molecule has 100 valence electrons. The number of anilines is 2. The van der Waals surface area contributed by atoms with Gasteiger partial charge in [-0.1, -0.05) is 30.3 Å². The Morgan fingerprint density at radius 3 is 2.25 bits per heavy atom. The molecule has 2 N–H and O–H groups in total. The van der Waals surface area contributed by atoms with Gasteiger partial charge in [-0.3, -0.25) is 4.79 Å². The molecule has 1 unspecified atom stereocenters. The van der Waals surface area contributed by atoms with Crippen molar-refractivity contribution in [3.8, 4) is 6.07 Å². The van der Waals surface area contributed by atoms with E-state index in [-0.39, 0.29) is 5.91 Å². The molecule has 4 heteroatoms. The van der Waals surface area contributed by atoms with Crippen LogP contribution in [-0.4, -0.2) is 5.91 Å². The van der Waals surface area contributed by atoms with Crippen molar-refractivity contribution in [2.24, 2.45) is 0 Å². The molecule has 4 nitrogen and oxygen atoms in total. The van der Waals surface area contributed by atoms with Gasteiger partial charge in [0.15, 0.2) is 0 Å². The van der Waals surface area contributed by atoms with E-state index in [0.717, 1.165) is 16.9 Å². The SMILES string of the molecule is CC(=O)Nc1ccc(C(C#N)Nc2ccccc2)cc1. The number of benzene rings is 2. The fraction of sp³-hybridized carbons (Fsp3) is 0.125. The highest BCUT2D eigenvalue weighted by molar-refractivity contribution is 5.88. The highest BCUT2D eigenvalue weighted by atomic mass is 16.1. The van der Waals surface area contributed by atoms with Crippen LogP contribution in [0.3, 0.4) is 0 Å². The van der Waals surface area contributed by atoms with Gasteiger partial charge in [-0.05, 0) is 29.8 Å². The molecule has 1 amide bonds. The number of hydrogen-bond donors (Lipinski definition) is 2. The normalized spacial score (nSPS) is 11.2. The summed E-state index contributed by atoms with van der Waals surface area (Å²) in [6.07, 6.45) is 0. The Labute approximate surface area is 118 Å². The zero-order chi connectivity index (χ0) is 14.4. The lowest BCUT2D eigenvalue weighted by Crippen LogP contribution is -2.09. The molecule has 2 aromatic carbocycles. The molecule has 0 bridgehead atoms. The van der Waals surface area contributed by atoms with Crippen LogP contribution in [0.4, 0.5) is 11.4 Å². The first-order valence-corrected chi connectivity index (χ1v) is 6.28. The first kappa shape index (κ1) is 13.6. The van der Waals surface area contributed by atoms with E-state index < -0.39 is 6.04 Å². The quantitative estimate of drug-likeness (QED) is 0.891. The fourth-order valence-electron chi connectivity index (χ4n) is 1.85. The minimum Gasteiger partial charge on any atom is -0.366 e. The number of amides is 1. The average molecular weight is 265 g/mol. The van der Waals surface area contributed by atoms with Gasteiger partial charge in [0, 0.05) is 18.3 Å². The Kier molecular flexibility index (Phi) is 4.35. The second-order valence-electron chi connectivity index (χ2n) is 4.38. The third-order valence-electron chi connectivity index (χ3n) is 2.78. The Morgan fingerprint density at radius 2 is 1.70 bits per heavy atom. The largest absolute Gasteiger partial charge is 0.366 e. The van der Waals surface area contributed by atoms with Gasteiger partial charge in [0.05, 0.1) is 6.07 Å². The van der Waals surface area contributed by atoms with Crippen LogP contribution in [0.5, 0.6) is 0 Å². The lowest BCUT2D eigenvalue weighted by atomic mass is 10.1. The summed E-state index contributed by atoms with van der Waals surface area (Å²) in [6.45, 7) is 1.46. The summed E-state index contributed by atoms with van der Waals surface area (Å²) in [7, 11) is 0. The minimum atomic E-state index is -0.427. The molecule has 0 aromatic heterocycles. The molecular formula is C16H15N3O. The van der Waals surface area contributed by atoms with Crippen molar-refractivity contribution in [3.63, 3.8) is 0 Å². The van der Waals surface area contributed by atoms with Gasteiger partial charge in [-0.2, -0.15) is 5.26 Å². The predicted octanol–water partition coefficient (Wildman–Crippen LogP) is 3.32. The molecule has 0 spiro atoms. The number of carbonyl (C=O) groups excluding carboxylic acids is 1. The first-order valence-electron chi connectivity index (χ1n) is 6.28. The minimum absolute atomic E-state index is 0.114. The maximum absolute atomic E-state index is 11.0. The summed E-state index contributed by atoms with van der Waals surface area (Å²) in [5.41, 5.74) is 2.47. The van der Waals surface area contributed by atoms with Crippen molar-refractivity contribution in [3.05, 3.63) is 60.2 Å². The van der Waals surface area contributed by atoms with Gasteiger partial charge in [0.25, 0.3) is 0 Å². The second-order valence-corrected chi connectivity index (χ2v) is 4.38. The van der Waals surface area contributed by atoms with Crippen LogP contribution in [0.2, 0.25) is 0 Å². The van der Waals surface area contributed by atoms with E-state index in [9.17, 15) is 10.1 Å². The Bertz CT molecular complexity index is 614. The van der Waals surface area contributed by atoms with Crippen LogP contribution >= 0.6 is 0 Å². The third kappa shape index (κ3) is 3.59. The maximum atomic E-state index is 11.0. The maximum Gasteiger partial charge on any atom is 0.221 e. The molecule has 1 atom stereocenters. The average Bonchev–Trinajstić information content (AvgIpc) is 2.46. The van der Waals surface area contributed by atoms with E-state index >= 15 is 0 Å². The number of nitriles is 1. The zero-order valence-corrected chi connectivity index (χ0v) is 11.1. The van der Waals surface area contributed by atoms with Crippen LogP contribution in [-0.2, 0) is 4.79 Å². The van der Waals surface area contributed by atoms with E-state index in [2.05, 4.69) is 16.7 Å². The highest BCUT2D eigenvalue weighted by Crippen LogP contribution is 2.20. The van der Waals surface area contributed by atoms with Crippen molar-refractivity contribution < 1.29 is 4.79 Å². The molecule has 0 aliphatic rings. The molecule has 0 saturated heterocycles. The molecule has 0 radical (unpaired) electrons. The van der Waals surface area contributed by atoms with Crippen molar-refractivity contribution in [1.82, 2.24) is 0 Å². The zero-order valence-electron chi connectivity index (χ0n) is 11.1. The molecule has 2 rings (SSSR count). The number of carbonyl (C=O) groups is 1. The molecule has 0 heterocycles. The lowest BCUT2D eigenvalue weighted by molar-refractivity contribution is -0.114. The lowest BCUT2D eigenvalue weighted by Gasteiger charge is -2.13. The molecule has 0 saturated carbocycles. The standard InChI is InChI=1S/C16H15N3O/c1-12(20)18-15-9-7-13(8-10-15)16(11-17)19-14-5-3-2-4-6-14/h2-10,16,19H,1H3,(H,18,20). The van der Waals surface area contributed by atoms with Crippen LogP contribution < -0.4 is 10.6 Å². The molecule has 0 aliphatic carbocycles. The van der Waals surface area contributed by atoms with Gasteiger partial charge in [-0.25, -0.2) is 0 Å². The summed E-state index contributed by atoms with van der Waals surface area (Å²) >= 11 is 0. The van der Waals surface area contributed by atoms with Crippen LogP contribution in [0.1, 0.15) is 18.5 Å². The molecular weight excluding hydrogens is 250 g/mol. The van der Waals surface area contributed by atoms with E-state index in [4.69, 9.17) is 0 Å². The molecule has 2 aromatic rings. The van der Waals surface area contributed by atoms with Gasteiger partial charge >= 0.3 is 0 Å². The molecule has 0 aliphatic heterocycles. The number of para-hydroxylation sites is 1. The third-order valence-corrected chi connectivity index (χ3v) is 2.78. The summed E-state index contributed by atoms with van der Waals surface area (Å²) in [4.78, 5) is 11.0. The van der Waals surface area contributed by atoms with Crippen LogP contribution in [0.15, 0.2) is 54.6 Å². The van der Waals surface area contributed by atoms with Crippen LogP contribution in [0.25, 0.3) is 0 Å². The summed E-state index contributed by atoms with van der Waals surface area (Å²) in [6, 6.07) is 18.6. The Balaban J connectivity index is 2.12. The van der Waals surface area contributed by atoms with Crippen molar-refractivity contribution >= 4 is 17.3 Å². The predicted molar refractivity (Wildman–Crippen MR) is 79.2 cm³/mol. The summed E-state index contributed by atoms with van der Waals surface area (Å²) < 4.78 is 0. The monoisotopic (exact) mass is 265 g/mol. The van der Waals surface area contributed by atoms with Crippen molar-refractivity contribution in [2.45, 2.75) is 13.0 Å².